The molecule has 1 heterocycles. The van der Waals surface area contributed by atoms with Crippen molar-refractivity contribution in [3.8, 4) is 0 Å². The van der Waals surface area contributed by atoms with E-state index >= 15 is 0 Å². The lowest BCUT2D eigenvalue weighted by Crippen LogP contribution is -2.39. The lowest BCUT2D eigenvalue weighted by atomic mass is 10.1. The fourth-order valence-corrected chi connectivity index (χ4v) is 2.00. The second-order valence-corrected chi connectivity index (χ2v) is 4.21. The quantitative estimate of drug-likeness (QED) is 0.623. The van der Waals surface area contributed by atoms with E-state index in [9.17, 15) is 4.79 Å². The third-order valence-corrected chi connectivity index (χ3v) is 3.03. The number of benzene rings is 1. The zero-order valence-electron chi connectivity index (χ0n) is 9.67. The molecular weight excluding hydrogens is 216 g/mol. The Morgan fingerprint density at radius 3 is 2.47 bits per heavy atom. The molecule has 0 spiro atoms. The number of hydrogen-bond donors (Lipinski definition) is 1. The minimum Gasteiger partial charge on any atom is -0.411 e. The molecule has 1 amide bonds. The van der Waals surface area contributed by atoms with Gasteiger partial charge in [0.2, 0.25) is 5.91 Å². The van der Waals surface area contributed by atoms with Crippen LogP contribution in [0, 0.1) is 0 Å². The number of amides is 1. The van der Waals surface area contributed by atoms with Crippen molar-refractivity contribution in [2.75, 3.05) is 13.1 Å². The number of carbonyl (C=O) groups excluding carboxylic acids is 1. The molecule has 1 aromatic carbocycles. The summed E-state index contributed by atoms with van der Waals surface area (Å²) in [7, 11) is 0. The van der Waals surface area contributed by atoms with Gasteiger partial charge in [-0.15, -0.1) is 0 Å². The number of carbonyl (C=O) groups is 1. The molecule has 0 bridgehead atoms. The summed E-state index contributed by atoms with van der Waals surface area (Å²) in [5, 5.41) is 11.8. The third kappa shape index (κ3) is 3.06. The topological polar surface area (TPSA) is 52.9 Å². The molecular formula is C13H16N2O2. The van der Waals surface area contributed by atoms with Gasteiger partial charge in [-0.25, -0.2) is 0 Å². The highest BCUT2D eigenvalue weighted by atomic mass is 16.4. The number of oxime groups is 1. The van der Waals surface area contributed by atoms with Gasteiger partial charge in [0.15, 0.2) is 0 Å². The number of piperidine rings is 1. The largest absolute Gasteiger partial charge is 0.411 e. The Morgan fingerprint density at radius 2 is 1.88 bits per heavy atom. The van der Waals surface area contributed by atoms with Crippen LogP contribution in [0.3, 0.4) is 0 Å². The van der Waals surface area contributed by atoms with Crippen molar-refractivity contribution in [2.45, 2.75) is 19.3 Å². The smallest absolute Gasteiger partial charge is 0.227 e. The zero-order chi connectivity index (χ0) is 12.1. The maximum atomic E-state index is 12.0. The van der Waals surface area contributed by atoms with Crippen LogP contribution in [0.4, 0.5) is 0 Å². The van der Waals surface area contributed by atoms with Crippen LogP contribution < -0.4 is 0 Å². The van der Waals surface area contributed by atoms with E-state index in [0.29, 0.717) is 32.4 Å². The first kappa shape index (κ1) is 11.6. The van der Waals surface area contributed by atoms with E-state index in [1.807, 2.05) is 35.2 Å². The van der Waals surface area contributed by atoms with Gasteiger partial charge in [0, 0.05) is 25.9 Å². The van der Waals surface area contributed by atoms with Crippen LogP contribution in [0.15, 0.2) is 35.5 Å². The molecule has 4 nitrogen and oxygen atoms in total. The highest BCUT2D eigenvalue weighted by Gasteiger charge is 2.19. The number of nitrogens with zero attached hydrogens (tertiary/aromatic N) is 2. The predicted molar refractivity (Wildman–Crippen MR) is 65.2 cm³/mol. The lowest BCUT2D eigenvalue weighted by molar-refractivity contribution is -0.130. The molecule has 0 aromatic heterocycles. The van der Waals surface area contributed by atoms with E-state index in [4.69, 9.17) is 5.21 Å². The van der Waals surface area contributed by atoms with E-state index in [1.54, 1.807) is 0 Å². The summed E-state index contributed by atoms with van der Waals surface area (Å²) < 4.78 is 0. The maximum Gasteiger partial charge on any atom is 0.227 e. The van der Waals surface area contributed by atoms with Gasteiger partial charge in [0.25, 0.3) is 0 Å². The number of likely N-dealkylation sites (tertiary alicyclic amines) is 1. The summed E-state index contributed by atoms with van der Waals surface area (Å²) >= 11 is 0. The maximum absolute atomic E-state index is 12.0. The van der Waals surface area contributed by atoms with E-state index in [1.165, 1.54) is 0 Å². The van der Waals surface area contributed by atoms with Crippen LogP contribution in [-0.2, 0) is 11.2 Å². The fraction of sp³-hybridized carbons (Fsp3) is 0.385. The van der Waals surface area contributed by atoms with E-state index in [2.05, 4.69) is 5.16 Å². The van der Waals surface area contributed by atoms with Crippen LogP contribution in [0.5, 0.6) is 0 Å². The van der Waals surface area contributed by atoms with E-state index in [0.717, 1.165) is 11.3 Å². The zero-order valence-corrected chi connectivity index (χ0v) is 9.67. The van der Waals surface area contributed by atoms with Gasteiger partial charge >= 0.3 is 0 Å². The molecule has 0 radical (unpaired) electrons. The molecule has 0 atom stereocenters. The van der Waals surface area contributed by atoms with Crippen molar-refractivity contribution in [1.82, 2.24) is 4.90 Å². The van der Waals surface area contributed by atoms with Crippen molar-refractivity contribution in [3.63, 3.8) is 0 Å². The first-order valence-electron chi connectivity index (χ1n) is 5.81. The summed E-state index contributed by atoms with van der Waals surface area (Å²) in [6.07, 6.45) is 1.81. The highest BCUT2D eigenvalue weighted by Crippen LogP contribution is 2.10. The highest BCUT2D eigenvalue weighted by molar-refractivity contribution is 5.87. The standard InChI is InChI=1S/C13H16N2O2/c16-13(10-11-4-2-1-3-5-11)15-8-6-12(14-17)7-9-15/h1-5,17H,6-10H2. The van der Waals surface area contributed by atoms with Crippen LogP contribution in [-0.4, -0.2) is 34.8 Å². The molecule has 90 valence electrons. The first-order chi connectivity index (χ1) is 8.29. The first-order valence-corrected chi connectivity index (χ1v) is 5.81. The van der Waals surface area contributed by atoms with Crippen molar-refractivity contribution < 1.29 is 10.0 Å². The molecule has 0 unspecified atom stereocenters. The summed E-state index contributed by atoms with van der Waals surface area (Å²) in [5.41, 5.74) is 1.83. The van der Waals surface area contributed by atoms with Crippen molar-refractivity contribution in [2.24, 2.45) is 5.16 Å². The van der Waals surface area contributed by atoms with Gasteiger partial charge in [0.1, 0.15) is 0 Å². The Balaban J connectivity index is 1.89. The molecule has 1 fully saturated rings. The van der Waals surface area contributed by atoms with Gasteiger partial charge < -0.3 is 10.1 Å². The summed E-state index contributed by atoms with van der Waals surface area (Å²) in [5.74, 6) is 0.146. The molecule has 0 saturated carbocycles. The Kier molecular flexibility index (Phi) is 3.75. The van der Waals surface area contributed by atoms with Crippen molar-refractivity contribution in [3.05, 3.63) is 35.9 Å². The molecule has 1 N–H and O–H groups in total. The molecule has 1 aliphatic heterocycles. The molecule has 1 aliphatic rings. The normalized spacial score (nSPS) is 15.8. The van der Waals surface area contributed by atoms with Crippen LogP contribution in [0.2, 0.25) is 0 Å². The minimum atomic E-state index is 0.146. The second-order valence-electron chi connectivity index (χ2n) is 4.21. The Hall–Kier alpha value is -1.84. The SMILES string of the molecule is O=C(Cc1ccccc1)N1CCC(=NO)CC1. The van der Waals surface area contributed by atoms with E-state index < -0.39 is 0 Å². The molecule has 1 aromatic rings. The second kappa shape index (κ2) is 5.48. The molecule has 1 saturated heterocycles. The fourth-order valence-electron chi connectivity index (χ4n) is 2.00. The summed E-state index contributed by atoms with van der Waals surface area (Å²) in [4.78, 5) is 13.8. The van der Waals surface area contributed by atoms with Gasteiger partial charge in [0.05, 0.1) is 12.1 Å². The minimum absolute atomic E-state index is 0.146. The Bertz CT molecular complexity index is 405. The average Bonchev–Trinajstić information content (AvgIpc) is 2.40. The van der Waals surface area contributed by atoms with Gasteiger partial charge in [-0.3, -0.25) is 4.79 Å². The monoisotopic (exact) mass is 232 g/mol. The number of hydrogen-bond acceptors (Lipinski definition) is 3. The van der Waals surface area contributed by atoms with Gasteiger partial charge in [-0.05, 0) is 5.56 Å². The number of rotatable bonds is 2. The summed E-state index contributed by atoms with van der Waals surface area (Å²) in [6.45, 7) is 1.32. The lowest BCUT2D eigenvalue weighted by Gasteiger charge is -2.27. The van der Waals surface area contributed by atoms with Crippen LogP contribution in [0.1, 0.15) is 18.4 Å². The van der Waals surface area contributed by atoms with Crippen molar-refractivity contribution in [1.29, 1.82) is 0 Å². The summed E-state index contributed by atoms with van der Waals surface area (Å²) in [6, 6.07) is 9.74. The Morgan fingerprint density at radius 1 is 1.24 bits per heavy atom. The van der Waals surface area contributed by atoms with E-state index in [-0.39, 0.29) is 5.91 Å². The third-order valence-electron chi connectivity index (χ3n) is 3.03. The van der Waals surface area contributed by atoms with Gasteiger partial charge in [-0.2, -0.15) is 0 Å². The molecule has 2 rings (SSSR count). The average molecular weight is 232 g/mol. The molecule has 4 heteroatoms. The molecule has 17 heavy (non-hydrogen) atoms. The molecule has 0 aliphatic carbocycles. The van der Waals surface area contributed by atoms with Gasteiger partial charge in [-0.1, -0.05) is 35.5 Å². The van der Waals surface area contributed by atoms with Crippen LogP contribution >= 0.6 is 0 Å². The van der Waals surface area contributed by atoms with Crippen molar-refractivity contribution >= 4 is 11.6 Å². The predicted octanol–water partition coefficient (Wildman–Crippen LogP) is 1.68. The Labute approximate surface area is 101 Å². The van der Waals surface area contributed by atoms with Crippen LogP contribution in [0.25, 0.3) is 0 Å².